The van der Waals surface area contributed by atoms with Gasteiger partial charge in [0.05, 0.1) is 0 Å². The minimum Gasteiger partial charge on any atom is -0.142 e. The Bertz CT molecular complexity index is 22.4. The SMILES string of the molecule is [SiH3]C([SiH3])([SiH3])P. The fourth-order valence-electron chi connectivity index (χ4n) is 0. The quantitative estimate of drug-likeness (QED) is 0.241. The molecule has 1 atom stereocenters. The lowest BCUT2D eigenvalue weighted by Gasteiger charge is -2.04. The third-order valence-corrected chi connectivity index (χ3v) is 0. The molecule has 5 heavy (non-hydrogen) atoms. The molecule has 0 aromatic carbocycles. The molecule has 0 nitrogen and oxygen atoms in total. The first-order valence-corrected chi connectivity index (χ1v) is 5.37. The van der Waals surface area contributed by atoms with Gasteiger partial charge in [-0.1, -0.05) is 4.03 Å². The van der Waals surface area contributed by atoms with Crippen LogP contribution in [0.1, 0.15) is 0 Å². The van der Waals surface area contributed by atoms with E-state index in [-0.39, 0.29) is 0 Å². The van der Waals surface area contributed by atoms with Gasteiger partial charge in [0, 0.05) is 30.7 Å². The Hall–Kier alpha value is 1.08. The van der Waals surface area contributed by atoms with E-state index in [0.29, 0.717) is 0 Å². The monoisotopic (exact) mass is 138 g/mol. The Morgan fingerprint density at radius 2 is 1.20 bits per heavy atom. The Balaban J connectivity index is 3.02. The lowest BCUT2D eigenvalue weighted by Crippen LogP contribution is -2.19. The molecule has 0 N–H and O–H groups in total. The first-order valence-electron chi connectivity index (χ1n) is 1.79. The molecule has 0 fully saturated rings. The zero-order valence-corrected chi connectivity index (χ0v) is 11.2. The van der Waals surface area contributed by atoms with Crippen molar-refractivity contribution in [2.24, 2.45) is 0 Å². The summed E-state index contributed by atoms with van der Waals surface area (Å²) in [7, 11) is 7.08. The van der Waals surface area contributed by atoms with Crippen LogP contribution in [0, 0.1) is 0 Å². The molecule has 4 heteroatoms. The van der Waals surface area contributed by atoms with Crippen LogP contribution in [0.15, 0.2) is 0 Å². The van der Waals surface area contributed by atoms with E-state index in [2.05, 4.69) is 9.24 Å². The Labute approximate surface area is 44.6 Å². The molecule has 0 aliphatic carbocycles. The summed E-state index contributed by atoms with van der Waals surface area (Å²) >= 11 is 0. The molecule has 0 amide bonds. The van der Waals surface area contributed by atoms with Crippen molar-refractivity contribution in [1.82, 2.24) is 0 Å². The van der Waals surface area contributed by atoms with Crippen LogP contribution >= 0.6 is 9.24 Å². The van der Waals surface area contributed by atoms with Gasteiger partial charge in [-0.05, 0) is 0 Å². The second-order valence-corrected chi connectivity index (χ2v) is 21.3. The average Bonchev–Trinajstić information content (AvgIpc) is 0.722. The highest BCUT2D eigenvalue weighted by molar-refractivity contribution is 7.30. The fourth-order valence-corrected chi connectivity index (χ4v) is 0. The third-order valence-electron chi connectivity index (χ3n) is 0. The van der Waals surface area contributed by atoms with Crippen molar-refractivity contribution >= 4 is 40.0 Å². The molecule has 0 aliphatic heterocycles. The van der Waals surface area contributed by atoms with Gasteiger partial charge in [-0.2, -0.15) is 0 Å². The first kappa shape index (κ1) is 6.08. The van der Waals surface area contributed by atoms with E-state index in [9.17, 15) is 0 Å². The van der Waals surface area contributed by atoms with E-state index in [1.807, 2.05) is 0 Å². The molecule has 0 rings (SSSR count). The maximum absolute atomic E-state index is 2.90. The highest BCUT2D eigenvalue weighted by Gasteiger charge is 1.96. The van der Waals surface area contributed by atoms with Crippen molar-refractivity contribution in [2.45, 2.75) is 4.03 Å². The van der Waals surface area contributed by atoms with Gasteiger partial charge in [0.1, 0.15) is 0 Å². The van der Waals surface area contributed by atoms with Crippen molar-refractivity contribution in [1.29, 1.82) is 0 Å². The summed E-state index contributed by atoms with van der Waals surface area (Å²) in [5, 5.41) is 0. The molecule has 0 radical (unpaired) electrons. The third kappa shape index (κ3) is 41.3. The van der Waals surface area contributed by atoms with Crippen LogP contribution < -0.4 is 0 Å². The van der Waals surface area contributed by atoms with Crippen LogP contribution in [0.4, 0.5) is 0 Å². The minimum absolute atomic E-state index is 0.833. The van der Waals surface area contributed by atoms with E-state index in [1.54, 1.807) is 0 Å². The summed E-state index contributed by atoms with van der Waals surface area (Å²) in [6.45, 7) is 0. The lowest BCUT2D eigenvalue weighted by atomic mass is 11.8. The summed E-state index contributed by atoms with van der Waals surface area (Å²) < 4.78 is 0.833. The zero-order chi connectivity index (χ0) is 4.50. The van der Waals surface area contributed by atoms with Crippen LogP contribution in [0.3, 0.4) is 0 Å². The van der Waals surface area contributed by atoms with Crippen LogP contribution in [0.2, 0.25) is 0 Å². The van der Waals surface area contributed by atoms with Gasteiger partial charge < -0.3 is 0 Å². The summed E-state index contributed by atoms with van der Waals surface area (Å²) in [4.78, 5) is 0. The van der Waals surface area contributed by atoms with Gasteiger partial charge in [0.15, 0.2) is 0 Å². The van der Waals surface area contributed by atoms with E-state index < -0.39 is 0 Å². The molecule has 0 heterocycles. The second kappa shape index (κ2) is 1.69. The van der Waals surface area contributed by atoms with Crippen molar-refractivity contribution in [3.05, 3.63) is 0 Å². The fraction of sp³-hybridized carbons (Fsp3) is 1.00. The molecule has 0 aliphatic rings. The van der Waals surface area contributed by atoms with Crippen molar-refractivity contribution in [3.8, 4) is 0 Å². The molecule has 0 spiro atoms. The molecule has 0 saturated carbocycles. The van der Waals surface area contributed by atoms with Gasteiger partial charge in [-0.3, -0.25) is 0 Å². The van der Waals surface area contributed by atoms with Crippen molar-refractivity contribution in [2.75, 3.05) is 0 Å². The summed E-state index contributed by atoms with van der Waals surface area (Å²) in [6.07, 6.45) is 0. The molecule has 1 unspecified atom stereocenters. The highest BCUT2D eigenvalue weighted by atomic mass is 31.0. The summed E-state index contributed by atoms with van der Waals surface area (Å²) in [5.41, 5.74) is 0. The first-order chi connectivity index (χ1) is 2.00. The van der Waals surface area contributed by atoms with Crippen LogP contribution in [0.5, 0.6) is 0 Å². The van der Waals surface area contributed by atoms with Crippen molar-refractivity contribution in [3.63, 3.8) is 0 Å². The average molecular weight is 138 g/mol. The van der Waals surface area contributed by atoms with E-state index >= 15 is 0 Å². The smallest absolute Gasteiger partial charge is 0.00657 e. The molecular weight excluding hydrogens is 127 g/mol. The second-order valence-electron chi connectivity index (χ2n) is 2.37. The maximum atomic E-state index is 2.90. The molecule has 0 aromatic rings. The predicted molar refractivity (Wildman–Crippen MR) is 42.3 cm³/mol. The van der Waals surface area contributed by atoms with E-state index in [4.69, 9.17) is 0 Å². The summed E-state index contributed by atoms with van der Waals surface area (Å²) in [6, 6.07) is 0. The molecular formula is CH11PSi3. The topological polar surface area (TPSA) is 0 Å². The lowest BCUT2D eigenvalue weighted by molar-refractivity contribution is 1.78. The van der Waals surface area contributed by atoms with E-state index in [0.717, 1.165) is 4.03 Å². The standard InChI is InChI=1S/CH11PSi3/c2-1(3,4)5/h2H2,3-5H3. The van der Waals surface area contributed by atoms with Gasteiger partial charge in [0.2, 0.25) is 0 Å². The molecule has 0 bridgehead atoms. The van der Waals surface area contributed by atoms with Gasteiger partial charge >= 0.3 is 0 Å². The highest BCUT2D eigenvalue weighted by Crippen LogP contribution is 1.97. The summed E-state index contributed by atoms with van der Waals surface area (Å²) in [5.74, 6) is 0. The van der Waals surface area contributed by atoms with Crippen LogP contribution in [0.25, 0.3) is 0 Å². The van der Waals surface area contributed by atoms with Crippen LogP contribution in [-0.2, 0) is 0 Å². The molecule has 0 aromatic heterocycles. The van der Waals surface area contributed by atoms with E-state index in [1.165, 1.54) is 30.7 Å². The molecule has 0 saturated heterocycles. The zero-order valence-electron chi connectivity index (χ0n) is 4.08. The van der Waals surface area contributed by atoms with Gasteiger partial charge in [0.25, 0.3) is 0 Å². The maximum Gasteiger partial charge on any atom is 0.00657 e. The normalized spacial score (nSPS) is 23.4. The van der Waals surface area contributed by atoms with Crippen LogP contribution in [-0.4, -0.2) is 34.8 Å². The Morgan fingerprint density at radius 1 is 1.20 bits per heavy atom. The number of hydrogen-bond donors (Lipinski definition) is 0. The number of hydrogen-bond acceptors (Lipinski definition) is 0. The largest absolute Gasteiger partial charge is 0.142 e. The molecule has 32 valence electrons. The Morgan fingerprint density at radius 3 is 1.20 bits per heavy atom. The van der Waals surface area contributed by atoms with Gasteiger partial charge in [-0.15, -0.1) is 9.24 Å². The minimum atomic E-state index is 0.833. The van der Waals surface area contributed by atoms with Crippen molar-refractivity contribution < 1.29 is 0 Å². The van der Waals surface area contributed by atoms with Gasteiger partial charge in [-0.25, -0.2) is 0 Å². The number of rotatable bonds is 0. The predicted octanol–water partition coefficient (Wildman–Crippen LogP) is -3.43. The Kier molecular flexibility index (Phi) is 2.05.